The molecule has 3 heterocycles. The number of hydrogen-bond donors (Lipinski definition) is 1. The van der Waals surface area contributed by atoms with Crippen LogP contribution in [0, 0.1) is 0 Å². The van der Waals surface area contributed by atoms with Gasteiger partial charge in [0.2, 0.25) is 5.91 Å². The lowest BCUT2D eigenvalue weighted by Crippen LogP contribution is -2.41. The molecule has 0 aromatic carbocycles. The summed E-state index contributed by atoms with van der Waals surface area (Å²) in [5.74, 6) is -0.0268. The molecule has 130 valence electrons. The van der Waals surface area contributed by atoms with Crippen LogP contribution in [0.3, 0.4) is 0 Å². The van der Waals surface area contributed by atoms with Gasteiger partial charge in [0.1, 0.15) is 11.7 Å². The first-order chi connectivity index (χ1) is 12.2. The Morgan fingerprint density at radius 3 is 2.92 bits per heavy atom. The smallest absolute Gasteiger partial charge is 0.244 e. The number of nitrogens with two attached hydrogens (primary N) is 1. The zero-order chi connectivity index (χ0) is 17.6. The molecule has 2 N–H and O–H groups in total. The van der Waals surface area contributed by atoms with E-state index in [0.29, 0.717) is 42.5 Å². The number of aromatic nitrogens is 2. The molecular formula is C17H18ClN5O2. The molecule has 1 amide bonds. The largest absolute Gasteiger partial charge is 0.404 e. The minimum absolute atomic E-state index is 0.0268. The molecule has 0 atom stereocenters. The van der Waals surface area contributed by atoms with Crippen molar-refractivity contribution in [2.24, 2.45) is 10.7 Å². The standard InChI is InChI=1S/C17H18ClN5O2/c18-16-2-1-14-15(22-16)7-12(10-21-14)13(8-19)9-20-11-17(24)23-3-5-25-6-4-23/h1-2,7-10H,3-6,11,19H2. The Hall–Kier alpha value is -2.51. The monoisotopic (exact) mass is 359 g/mol. The first-order valence-corrected chi connectivity index (χ1v) is 8.25. The van der Waals surface area contributed by atoms with Gasteiger partial charge in [-0.05, 0) is 18.2 Å². The summed E-state index contributed by atoms with van der Waals surface area (Å²) < 4.78 is 5.23. The van der Waals surface area contributed by atoms with Gasteiger partial charge in [-0.2, -0.15) is 0 Å². The number of hydrogen-bond acceptors (Lipinski definition) is 6. The summed E-state index contributed by atoms with van der Waals surface area (Å²) in [6.45, 7) is 2.43. The second-order valence-electron chi connectivity index (χ2n) is 5.48. The molecule has 7 nitrogen and oxygen atoms in total. The van der Waals surface area contributed by atoms with Gasteiger partial charge < -0.3 is 15.4 Å². The molecule has 0 aliphatic carbocycles. The number of rotatable bonds is 4. The highest BCUT2D eigenvalue weighted by atomic mass is 35.5. The maximum Gasteiger partial charge on any atom is 0.244 e. The maximum atomic E-state index is 12.1. The van der Waals surface area contributed by atoms with Crippen LogP contribution in [0.2, 0.25) is 5.15 Å². The Morgan fingerprint density at radius 1 is 1.36 bits per heavy atom. The molecule has 1 aliphatic rings. The van der Waals surface area contributed by atoms with Crippen molar-refractivity contribution in [3.63, 3.8) is 0 Å². The maximum absolute atomic E-state index is 12.1. The quantitative estimate of drug-likeness (QED) is 0.659. The molecule has 0 unspecified atom stereocenters. The Kier molecular flexibility index (Phi) is 5.57. The number of carbonyl (C=O) groups is 1. The van der Waals surface area contributed by atoms with Crippen LogP contribution in [0.5, 0.6) is 0 Å². The van der Waals surface area contributed by atoms with E-state index in [4.69, 9.17) is 22.1 Å². The minimum atomic E-state index is -0.0268. The second-order valence-corrected chi connectivity index (χ2v) is 5.87. The van der Waals surface area contributed by atoms with Crippen LogP contribution < -0.4 is 5.73 Å². The van der Waals surface area contributed by atoms with E-state index in [-0.39, 0.29) is 12.5 Å². The van der Waals surface area contributed by atoms with Gasteiger partial charge in [-0.1, -0.05) is 11.6 Å². The van der Waals surface area contributed by atoms with Crippen LogP contribution in [-0.2, 0) is 9.53 Å². The van der Waals surface area contributed by atoms with E-state index in [1.54, 1.807) is 29.4 Å². The third-order valence-electron chi connectivity index (χ3n) is 3.84. The highest BCUT2D eigenvalue weighted by Crippen LogP contribution is 2.18. The summed E-state index contributed by atoms with van der Waals surface area (Å²) in [5, 5.41) is 0.398. The van der Waals surface area contributed by atoms with E-state index in [1.165, 1.54) is 6.20 Å². The fraction of sp³-hybridized carbons (Fsp3) is 0.294. The minimum Gasteiger partial charge on any atom is -0.404 e. The summed E-state index contributed by atoms with van der Waals surface area (Å²) in [5.41, 5.74) is 8.52. The fourth-order valence-corrected chi connectivity index (χ4v) is 2.64. The number of ether oxygens (including phenoxy) is 1. The third kappa shape index (κ3) is 4.32. The summed E-state index contributed by atoms with van der Waals surface area (Å²) in [7, 11) is 0. The number of nitrogens with zero attached hydrogens (tertiary/aromatic N) is 4. The van der Waals surface area contributed by atoms with Gasteiger partial charge in [0.25, 0.3) is 0 Å². The van der Waals surface area contributed by atoms with Gasteiger partial charge >= 0.3 is 0 Å². The van der Waals surface area contributed by atoms with Crippen LogP contribution in [0.15, 0.2) is 35.6 Å². The normalized spacial score (nSPS) is 15.9. The van der Waals surface area contributed by atoms with Crippen molar-refractivity contribution < 1.29 is 9.53 Å². The topological polar surface area (TPSA) is 93.7 Å². The summed E-state index contributed by atoms with van der Waals surface area (Å²) >= 11 is 5.92. The number of halogens is 1. The molecule has 1 aliphatic heterocycles. The lowest BCUT2D eigenvalue weighted by Gasteiger charge is -2.26. The molecule has 2 aromatic heterocycles. The molecule has 0 spiro atoms. The van der Waals surface area contributed by atoms with E-state index in [0.717, 1.165) is 11.1 Å². The number of allylic oxidation sites excluding steroid dienone is 1. The molecular weight excluding hydrogens is 342 g/mol. The number of fused-ring (bicyclic) bond motifs is 1. The molecule has 3 rings (SSSR count). The van der Waals surface area contributed by atoms with Crippen molar-refractivity contribution in [2.75, 3.05) is 32.8 Å². The zero-order valence-corrected chi connectivity index (χ0v) is 14.3. The van der Waals surface area contributed by atoms with Crippen LogP contribution in [0.1, 0.15) is 5.56 Å². The van der Waals surface area contributed by atoms with Crippen LogP contribution >= 0.6 is 11.6 Å². The van der Waals surface area contributed by atoms with Crippen molar-refractivity contribution in [2.45, 2.75) is 0 Å². The summed E-state index contributed by atoms with van der Waals surface area (Å²) in [6, 6.07) is 5.33. The van der Waals surface area contributed by atoms with Crippen molar-refractivity contribution in [1.29, 1.82) is 0 Å². The van der Waals surface area contributed by atoms with Crippen LogP contribution in [-0.4, -0.2) is 59.8 Å². The Bertz CT molecular complexity index is 831. The molecule has 0 radical (unpaired) electrons. The molecule has 1 fully saturated rings. The molecule has 2 aromatic rings. The van der Waals surface area contributed by atoms with Gasteiger partial charge in [-0.3, -0.25) is 14.8 Å². The lowest BCUT2D eigenvalue weighted by molar-refractivity contribution is -0.133. The number of morpholine rings is 1. The predicted molar refractivity (Wildman–Crippen MR) is 97.5 cm³/mol. The predicted octanol–water partition coefficient (Wildman–Crippen LogP) is 1.51. The van der Waals surface area contributed by atoms with E-state index in [9.17, 15) is 4.79 Å². The Labute approximate surface area is 150 Å². The molecule has 0 bridgehead atoms. The average Bonchev–Trinajstić information content (AvgIpc) is 2.65. The van der Waals surface area contributed by atoms with Crippen LogP contribution in [0.25, 0.3) is 16.6 Å². The van der Waals surface area contributed by atoms with Gasteiger partial charge in [-0.25, -0.2) is 4.98 Å². The SMILES string of the molecule is NC=C(C=NCC(=O)N1CCOCC1)c1cnc2ccc(Cl)nc2c1. The van der Waals surface area contributed by atoms with Crippen LogP contribution in [0.4, 0.5) is 0 Å². The van der Waals surface area contributed by atoms with E-state index < -0.39 is 0 Å². The molecule has 8 heteroatoms. The second kappa shape index (κ2) is 8.04. The average molecular weight is 360 g/mol. The van der Waals surface area contributed by atoms with Gasteiger partial charge in [0.05, 0.1) is 24.2 Å². The van der Waals surface area contributed by atoms with Crippen molar-refractivity contribution in [3.8, 4) is 0 Å². The highest BCUT2D eigenvalue weighted by molar-refractivity contribution is 6.29. The lowest BCUT2D eigenvalue weighted by atomic mass is 10.1. The summed E-state index contributed by atoms with van der Waals surface area (Å²) in [4.78, 5) is 26.6. The molecule has 0 saturated carbocycles. The van der Waals surface area contributed by atoms with E-state index in [2.05, 4.69) is 15.0 Å². The number of amides is 1. The van der Waals surface area contributed by atoms with Gasteiger partial charge in [0.15, 0.2) is 0 Å². The van der Waals surface area contributed by atoms with Crippen molar-refractivity contribution in [1.82, 2.24) is 14.9 Å². The fourth-order valence-electron chi connectivity index (χ4n) is 2.49. The van der Waals surface area contributed by atoms with Crippen molar-refractivity contribution >= 4 is 40.3 Å². The number of pyridine rings is 2. The van der Waals surface area contributed by atoms with Gasteiger partial charge in [-0.15, -0.1) is 0 Å². The molecule has 1 saturated heterocycles. The van der Waals surface area contributed by atoms with E-state index >= 15 is 0 Å². The number of carbonyl (C=O) groups excluding carboxylic acids is 1. The Balaban J connectivity index is 1.70. The van der Waals surface area contributed by atoms with Crippen molar-refractivity contribution in [3.05, 3.63) is 41.3 Å². The van der Waals surface area contributed by atoms with E-state index in [1.807, 2.05) is 6.07 Å². The van der Waals surface area contributed by atoms with Gasteiger partial charge in [0, 0.05) is 42.8 Å². The zero-order valence-electron chi connectivity index (χ0n) is 13.6. The summed E-state index contributed by atoms with van der Waals surface area (Å²) in [6.07, 6.45) is 4.69. The highest BCUT2D eigenvalue weighted by Gasteiger charge is 2.15. The first-order valence-electron chi connectivity index (χ1n) is 7.87. The Morgan fingerprint density at radius 2 is 2.16 bits per heavy atom. The molecule has 25 heavy (non-hydrogen) atoms. The first kappa shape index (κ1) is 17.3. The number of aliphatic imine (C=N–C) groups is 1. The third-order valence-corrected chi connectivity index (χ3v) is 4.05.